The Hall–Kier alpha value is -3.71. The Labute approximate surface area is 167 Å². The van der Waals surface area contributed by atoms with Crippen LogP contribution in [0.1, 0.15) is 0 Å². The fourth-order valence-electron chi connectivity index (χ4n) is 3.14. The summed E-state index contributed by atoms with van der Waals surface area (Å²) in [6.45, 7) is 0. The normalized spacial score (nSPS) is 11.2. The largest absolute Gasteiger partial charge is 0.497 e. The number of aromatic nitrogens is 1. The minimum absolute atomic E-state index is 0.318. The van der Waals surface area contributed by atoms with E-state index >= 15 is 0 Å². The predicted molar refractivity (Wildman–Crippen MR) is 112 cm³/mol. The quantitative estimate of drug-likeness (QED) is 0.406. The van der Waals surface area contributed by atoms with Crippen molar-refractivity contribution < 1.29 is 13.6 Å². The summed E-state index contributed by atoms with van der Waals surface area (Å²) >= 11 is 1.27. The number of rotatable bonds is 3. The highest BCUT2D eigenvalue weighted by Crippen LogP contribution is 2.29. The molecule has 0 aliphatic heterocycles. The summed E-state index contributed by atoms with van der Waals surface area (Å²) in [6.07, 6.45) is 0. The third-order valence-electron chi connectivity index (χ3n) is 4.59. The van der Waals surface area contributed by atoms with Crippen LogP contribution in [0.15, 0.2) is 78.4 Å². The smallest absolute Gasteiger partial charge is 0.346 e. The van der Waals surface area contributed by atoms with Gasteiger partial charge in [0.05, 0.1) is 23.9 Å². The average Bonchev–Trinajstić information content (AvgIpc) is 3.22. The van der Waals surface area contributed by atoms with Gasteiger partial charge in [0.1, 0.15) is 21.9 Å². The number of nitrogens with zero attached hydrogens (tertiary/aromatic N) is 1. The first kappa shape index (κ1) is 17.4. The molecule has 0 fully saturated rings. The minimum atomic E-state index is -0.495. The molecule has 3 aromatic heterocycles. The number of fused-ring (bicyclic) bond motifs is 2. The van der Waals surface area contributed by atoms with Gasteiger partial charge in [0.15, 0.2) is 0 Å². The summed E-state index contributed by atoms with van der Waals surface area (Å²) in [5, 5.41) is 3.72. The Kier molecular flexibility index (Phi) is 4.03. The first-order chi connectivity index (χ1) is 14.1. The molecule has 0 aliphatic rings. The van der Waals surface area contributed by atoms with Crippen LogP contribution in [0.3, 0.4) is 0 Å². The predicted octanol–water partition coefficient (Wildman–Crippen LogP) is 4.70. The molecule has 5 rings (SSSR count). The summed E-state index contributed by atoms with van der Waals surface area (Å²) in [6, 6.07) is 15.9. The van der Waals surface area contributed by atoms with E-state index in [0.717, 1.165) is 10.8 Å². The number of thiazole rings is 1. The molecule has 3 heterocycles. The summed E-state index contributed by atoms with van der Waals surface area (Å²) < 4.78 is 16.0. The van der Waals surface area contributed by atoms with Gasteiger partial charge in [0, 0.05) is 16.2 Å². The molecule has 142 valence electrons. The van der Waals surface area contributed by atoms with Crippen LogP contribution in [-0.4, -0.2) is 12.1 Å². The lowest BCUT2D eigenvalue weighted by Crippen LogP contribution is -2.04. The number of methoxy groups -OCH3 is 1. The molecule has 0 aliphatic carbocycles. The fraction of sp³-hybridized carbons (Fsp3) is 0.0455. The highest BCUT2D eigenvalue weighted by atomic mass is 32.1. The van der Waals surface area contributed by atoms with E-state index in [1.165, 1.54) is 11.3 Å². The zero-order valence-corrected chi connectivity index (χ0v) is 16.0. The van der Waals surface area contributed by atoms with Gasteiger partial charge in [-0.3, -0.25) is 0 Å². The number of ether oxygens (including phenoxy) is 1. The van der Waals surface area contributed by atoms with Gasteiger partial charge in [-0.25, -0.2) is 14.6 Å². The van der Waals surface area contributed by atoms with Crippen LogP contribution < -0.4 is 16.0 Å². The maximum Gasteiger partial charge on any atom is 0.346 e. The van der Waals surface area contributed by atoms with Crippen molar-refractivity contribution in [3.63, 3.8) is 0 Å². The van der Waals surface area contributed by atoms with Gasteiger partial charge in [-0.2, -0.15) is 0 Å². The summed E-state index contributed by atoms with van der Waals surface area (Å²) in [4.78, 5) is 29.4. The van der Waals surface area contributed by atoms with E-state index in [4.69, 9.17) is 13.6 Å². The molecule has 0 atom stereocenters. The van der Waals surface area contributed by atoms with Crippen molar-refractivity contribution in [3.8, 4) is 27.6 Å². The van der Waals surface area contributed by atoms with Gasteiger partial charge in [-0.1, -0.05) is 18.2 Å². The SMILES string of the molecule is COc1ccc2oc(=O)c(-c3csc(-c4cc5ccccc5oc4=O)n3)cc2c1. The Morgan fingerprint density at radius 2 is 1.59 bits per heavy atom. The molecule has 7 heteroatoms. The van der Waals surface area contributed by atoms with E-state index in [9.17, 15) is 9.59 Å². The van der Waals surface area contributed by atoms with Crippen molar-refractivity contribution in [1.82, 2.24) is 4.98 Å². The van der Waals surface area contributed by atoms with E-state index in [1.807, 2.05) is 12.1 Å². The molecule has 0 unspecified atom stereocenters. The molecule has 2 aromatic carbocycles. The van der Waals surface area contributed by atoms with Gasteiger partial charge in [-0.15, -0.1) is 11.3 Å². The minimum Gasteiger partial charge on any atom is -0.497 e. The van der Waals surface area contributed by atoms with Gasteiger partial charge in [-0.05, 0) is 36.4 Å². The van der Waals surface area contributed by atoms with Crippen molar-refractivity contribution in [3.05, 3.63) is 80.8 Å². The van der Waals surface area contributed by atoms with Crippen LogP contribution in [0, 0.1) is 0 Å². The van der Waals surface area contributed by atoms with Crippen LogP contribution in [0.2, 0.25) is 0 Å². The molecule has 0 spiro atoms. The van der Waals surface area contributed by atoms with Crippen molar-refractivity contribution in [2.45, 2.75) is 0 Å². The third kappa shape index (κ3) is 3.01. The first-order valence-corrected chi connectivity index (χ1v) is 9.61. The summed E-state index contributed by atoms with van der Waals surface area (Å²) in [7, 11) is 1.57. The summed E-state index contributed by atoms with van der Waals surface area (Å²) in [5.41, 5.74) is 1.12. The van der Waals surface area contributed by atoms with Gasteiger partial charge >= 0.3 is 11.3 Å². The standard InChI is InChI=1S/C22H13NO5S/c1-26-14-6-7-19-13(8-14)10-15(21(24)28-19)17-11-29-20(23-17)16-9-12-4-2-3-5-18(12)27-22(16)25/h2-11H,1H3. The van der Waals surface area contributed by atoms with Crippen LogP contribution in [-0.2, 0) is 0 Å². The Morgan fingerprint density at radius 1 is 0.862 bits per heavy atom. The molecule has 5 aromatic rings. The van der Waals surface area contributed by atoms with E-state index in [0.29, 0.717) is 38.7 Å². The van der Waals surface area contributed by atoms with Gasteiger partial charge < -0.3 is 13.6 Å². The lowest BCUT2D eigenvalue weighted by molar-refractivity contribution is 0.415. The second-order valence-electron chi connectivity index (χ2n) is 6.37. The highest BCUT2D eigenvalue weighted by molar-refractivity contribution is 7.13. The van der Waals surface area contributed by atoms with Crippen molar-refractivity contribution >= 4 is 33.3 Å². The molecule has 0 saturated carbocycles. The number of para-hydroxylation sites is 1. The maximum atomic E-state index is 12.5. The molecule has 0 saturated heterocycles. The molecule has 6 nitrogen and oxygen atoms in total. The highest BCUT2D eigenvalue weighted by Gasteiger charge is 2.16. The van der Waals surface area contributed by atoms with E-state index in [-0.39, 0.29) is 0 Å². The Balaban J connectivity index is 1.63. The molecule has 0 bridgehead atoms. The number of hydrogen-bond donors (Lipinski definition) is 0. The van der Waals surface area contributed by atoms with Crippen molar-refractivity contribution in [2.75, 3.05) is 7.11 Å². The molecule has 0 amide bonds. The topological polar surface area (TPSA) is 82.5 Å². The van der Waals surface area contributed by atoms with Crippen molar-refractivity contribution in [1.29, 1.82) is 0 Å². The molecular formula is C22H13NO5S. The fourth-order valence-corrected chi connectivity index (χ4v) is 3.96. The molecule has 29 heavy (non-hydrogen) atoms. The second-order valence-corrected chi connectivity index (χ2v) is 7.23. The van der Waals surface area contributed by atoms with Crippen LogP contribution in [0.5, 0.6) is 5.75 Å². The lowest BCUT2D eigenvalue weighted by atomic mass is 10.1. The first-order valence-electron chi connectivity index (χ1n) is 8.73. The molecular weight excluding hydrogens is 390 g/mol. The van der Waals surface area contributed by atoms with E-state index in [2.05, 4.69) is 4.98 Å². The Bertz CT molecular complexity index is 1490. The van der Waals surface area contributed by atoms with Crippen LogP contribution in [0.25, 0.3) is 43.8 Å². The molecule has 0 radical (unpaired) electrons. The zero-order valence-electron chi connectivity index (χ0n) is 15.2. The van der Waals surface area contributed by atoms with E-state index in [1.54, 1.807) is 55.0 Å². The Morgan fingerprint density at radius 3 is 2.41 bits per heavy atom. The number of hydrogen-bond acceptors (Lipinski definition) is 7. The monoisotopic (exact) mass is 403 g/mol. The average molecular weight is 403 g/mol. The summed E-state index contributed by atoms with van der Waals surface area (Å²) in [5.74, 6) is 0.657. The maximum absolute atomic E-state index is 12.5. The lowest BCUT2D eigenvalue weighted by Gasteiger charge is -2.03. The third-order valence-corrected chi connectivity index (χ3v) is 5.47. The second kappa shape index (κ2) is 6.72. The molecule has 0 N–H and O–H groups in total. The van der Waals surface area contributed by atoms with Crippen LogP contribution >= 0.6 is 11.3 Å². The van der Waals surface area contributed by atoms with Crippen LogP contribution in [0.4, 0.5) is 0 Å². The van der Waals surface area contributed by atoms with Gasteiger partial charge in [0.2, 0.25) is 0 Å². The van der Waals surface area contributed by atoms with E-state index < -0.39 is 11.3 Å². The van der Waals surface area contributed by atoms with Crippen molar-refractivity contribution in [2.24, 2.45) is 0 Å². The zero-order chi connectivity index (χ0) is 20.0. The van der Waals surface area contributed by atoms with Gasteiger partial charge in [0.25, 0.3) is 0 Å². The number of benzene rings is 2.